The maximum Gasteiger partial charge on any atom is 0.303 e. The zero-order valence-electron chi connectivity index (χ0n) is 10.4. The molecule has 2 aliphatic heterocycles. The van der Waals surface area contributed by atoms with Crippen LogP contribution in [0.25, 0.3) is 0 Å². The lowest BCUT2D eigenvalue weighted by Crippen LogP contribution is -2.26. The maximum absolute atomic E-state index is 12.1. The lowest BCUT2D eigenvalue weighted by Gasteiger charge is -2.18. The van der Waals surface area contributed by atoms with Crippen LogP contribution >= 0.6 is 11.8 Å². The highest BCUT2D eigenvalue weighted by molar-refractivity contribution is 8.17. The second-order valence-corrected chi connectivity index (χ2v) is 6.02. The van der Waals surface area contributed by atoms with Crippen molar-refractivity contribution in [2.45, 2.75) is 38.5 Å². The molecule has 0 fully saturated rings. The number of carboxylic acids is 1. The van der Waals surface area contributed by atoms with Crippen LogP contribution in [0.3, 0.4) is 0 Å². The van der Waals surface area contributed by atoms with Gasteiger partial charge < -0.3 is 5.11 Å². The quantitative estimate of drug-likeness (QED) is 0.859. The third-order valence-corrected chi connectivity index (χ3v) is 4.82. The molecule has 0 bridgehead atoms. The number of aliphatic imine (C=N–C) groups is 2. The molecule has 19 heavy (non-hydrogen) atoms. The predicted octanol–water partition coefficient (Wildman–Crippen LogP) is 2.38. The van der Waals surface area contributed by atoms with Crippen molar-refractivity contribution in [1.82, 2.24) is 0 Å². The second-order valence-electron chi connectivity index (χ2n) is 4.90. The van der Waals surface area contributed by atoms with Crippen LogP contribution in [0.2, 0.25) is 0 Å². The molecule has 3 rings (SSSR count). The van der Waals surface area contributed by atoms with Crippen LogP contribution in [0.15, 0.2) is 20.5 Å². The molecule has 1 atom stereocenters. The van der Waals surface area contributed by atoms with Crippen LogP contribution in [-0.2, 0) is 9.59 Å². The third kappa shape index (κ3) is 2.36. The molecule has 0 aromatic carbocycles. The molecule has 0 saturated carbocycles. The zero-order chi connectivity index (χ0) is 13.4. The number of hydrogen-bond donors (Lipinski definition) is 1. The van der Waals surface area contributed by atoms with Gasteiger partial charge in [0.15, 0.2) is 0 Å². The Balaban J connectivity index is 1.81. The van der Waals surface area contributed by atoms with Gasteiger partial charge in [-0.1, -0.05) is 11.8 Å². The number of carbonyl (C=O) groups excluding carboxylic acids is 1. The van der Waals surface area contributed by atoms with Crippen LogP contribution in [0, 0.1) is 5.92 Å². The fraction of sp³-hybridized carbons (Fsp3) is 0.538. The first-order valence-corrected chi connectivity index (χ1v) is 7.28. The number of aliphatic carboxylic acids is 1. The maximum atomic E-state index is 12.1. The van der Waals surface area contributed by atoms with Crippen molar-refractivity contribution in [1.29, 1.82) is 0 Å². The highest BCUT2D eigenvalue weighted by atomic mass is 32.2. The lowest BCUT2D eigenvalue weighted by atomic mass is 9.89. The van der Waals surface area contributed by atoms with E-state index in [0.717, 1.165) is 24.3 Å². The van der Waals surface area contributed by atoms with Gasteiger partial charge in [-0.25, -0.2) is 4.99 Å². The molecule has 1 N–H and O–H groups in total. The van der Waals surface area contributed by atoms with Crippen molar-refractivity contribution in [3.8, 4) is 0 Å². The Labute approximate surface area is 114 Å². The molecule has 0 aromatic rings. The summed E-state index contributed by atoms with van der Waals surface area (Å²) in [6, 6.07) is 0. The summed E-state index contributed by atoms with van der Waals surface area (Å²) < 4.78 is 0. The fourth-order valence-electron chi connectivity index (χ4n) is 2.67. The molecule has 1 amide bonds. The Morgan fingerprint density at radius 1 is 1.32 bits per heavy atom. The largest absolute Gasteiger partial charge is 0.481 e. The molecule has 0 radical (unpaired) electrons. The lowest BCUT2D eigenvalue weighted by molar-refractivity contribution is -0.136. The van der Waals surface area contributed by atoms with Crippen LogP contribution in [0.1, 0.15) is 38.5 Å². The van der Waals surface area contributed by atoms with E-state index in [2.05, 4.69) is 9.98 Å². The first kappa shape index (κ1) is 12.6. The summed E-state index contributed by atoms with van der Waals surface area (Å²) >= 11 is 1.60. The molecule has 0 saturated heterocycles. The Bertz CT molecular complexity index is 548. The molecule has 1 unspecified atom stereocenters. The normalized spacial score (nSPS) is 25.7. The van der Waals surface area contributed by atoms with E-state index in [-0.39, 0.29) is 24.7 Å². The summed E-state index contributed by atoms with van der Waals surface area (Å²) in [4.78, 5) is 32.3. The van der Waals surface area contributed by atoms with Crippen molar-refractivity contribution in [3.63, 3.8) is 0 Å². The van der Waals surface area contributed by atoms with Gasteiger partial charge >= 0.3 is 5.97 Å². The standard InChI is InChI=1S/C13H14N2O3S/c16-10(17)6-5-9-14-12(18)11-7-3-1-2-4-8(7)19-13(11)15-9/h11H,1-6H2,(H,16,17). The van der Waals surface area contributed by atoms with Crippen LogP contribution in [0.4, 0.5) is 0 Å². The van der Waals surface area contributed by atoms with Crippen molar-refractivity contribution in [2.24, 2.45) is 15.9 Å². The van der Waals surface area contributed by atoms with E-state index < -0.39 is 5.97 Å². The van der Waals surface area contributed by atoms with Gasteiger partial charge in [0.2, 0.25) is 0 Å². The minimum Gasteiger partial charge on any atom is -0.481 e. The molecule has 5 nitrogen and oxygen atoms in total. The summed E-state index contributed by atoms with van der Waals surface area (Å²) in [6.07, 6.45) is 4.50. The number of allylic oxidation sites excluding steroid dienone is 1. The topological polar surface area (TPSA) is 79.1 Å². The second kappa shape index (κ2) is 4.92. The van der Waals surface area contributed by atoms with Gasteiger partial charge in [0.05, 0.1) is 11.5 Å². The zero-order valence-corrected chi connectivity index (χ0v) is 11.2. The van der Waals surface area contributed by atoms with Crippen molar-refractivity contribution < 1.29 is 14.7 Å². The van der Waals surface area contributed by atoms with E-state index >= 15 is 0 Å². The third-order valence-electron chi connectivity index (χ3n) is 3.57. The Morgan fingerprint density at radius 3 is 2.89 bits per heavy atom. The average molecular weight is 278 g/mol. The van der Waals surface area contributed by atoms with Crippen molar-refractivity contribution >= 4 is 34.5 Å². The van der Waals surface area contributed by atoms with Gasteiger partial charge in [-0.2, -0.15) is 4.99 Å². The number of thioether (sulfide) groups is 1. The van der Waals surface area contributed by atoms with Crippen molar-refractivity contribution in [3.05, 3.63) is 10.5 Å². The Morgan fingerprint density at radius 2 is 2.11 bits per heavy atom. The molecule has 6 heteroatoms. The first-order chi connectivity index (χ1) is 9.15. The SMILES string of the molecule is O=C(O)CCC1=NC(=O)C2C(=N1)SC1=C2CCCC1. The number of amidine groups is 1. The number of fused-ring (bicyclic) bond motifs is 2. The predicted molar refractivity (Wildman–Crippen MR) is 73.3 cm³/mol. The van der Waals surface area contributed by atoms with Crippen molar-refractivity contribution in [2.75, 3.05) is 0 Å². The van der Waals surface area contributed by atoms with E-state index in [1.54, 1.807) is 11.8 Å². The number of amides is 1. The van der Waals surface area contributed by atoms with E-state index in [1.807, 2.05) is 0 Å². The Hall–Kier alpha value is -1.43. The summed E-state index contributed by atoms with van der Waals surface area (Å²) in [7, 11) is 0. The van der Waals surface area contributed by atoms with Gasteiger partial charge in [-0.3, -0.25) is 9.59 Å². The van der Waals surface area contributed by atoms with E-state index in [4.69, 9.17) is 5.11 Å². The molecule has 2 heterocycles. The van der Waals surface area contributed by atoms with E-state index in [9.17, 15) is 9.59 Å². The summed E-state index contributed by atoms with van der Waals surface area (Å²) in [5, 5.41) is 9.48. The number of nitrogens with zero attached hydrogens (tertiary/aromatic N) is 2. The number of carboxylic acid groups (broad SMARTS) is 1. The van der Waals surface area contributed by atoms with Crippen LogP contribution in [0.5, 0.6) is 0 Å². The van der Waals surface area contributed by atoms with E-state index in [1.165, 1.54) is 16.9 Å². The number of carbonyl (C=O) groups is 2. The molecule has 1 aliphatic carbocycles. The highest BCUT2D eigenvalue weighted by Crippen LogP contribution is 2.47. The smallest absolute Gasteiger partial charge is 0.303 e. The average Bonchev–Trinajstić information content (AvgIpc) is 2.74. The van der Waals surface area contributed by atoms with Crippen LogP contribution < -0.4 is 0 Å². The molecule has 0 aromatic heterocycles. The minimum absolute atomic E-state index is 0.0363. The molecular weight excluding hydrogens is 264 g/mol. The summed E-state index contributed by atoms with van der Waals surface area (Å²) in [5.74, 6) is -0.946. The van der Waals surface area contributed by atoms with Crippen LogP contribution in [-0.4, -0.2) is 27.9 Å². The monoisotopic (exact) mass is 278 g/mol. The summed E-state index contributed by atoms with van der Waals surface area (Å²) in [5.41, 5.74) is 1.21. The fourth-order valence-corrected chi connectivity index (χ4v) is 4.04. The number of hydrogen-bond acceptors (Lipinski definition) is 4. The first-order valence-electron chi connectivity index (χ1n) is 6.46. The highest BCUT2D eigenvalue weighted by Gasteiger charge is 2.40. The Kier molecular flexibility index (Phi) is 3.26. The van der Waals surface area contributed by atoms with Gasteiger partial charge in [0.25, 0.3) is 5.91 Å². The van der Waals surface area contributed by atoms with Gasteiger partial charge in [0.1, 0.15) is 11.8 Å². The molecule has 0 spiro atoms. The molecule has 100 valence electrons. The van der Waals surface area contributed by atoms with E-state index in [0.29, 0.717) is 5.84 Å². The van der Waals surface area contributed by atoms with Gasteiger partial charge in [0, 0.05) is 6.42 Å². The number of rotatable bonds is 3. The molecular formula is C13H14N2O3S. The minimum atomic E-state index is -0.894. The molecule has 3 aliphatic rings. The van der Waals surface area contributed by atoms with Gasteiger partial charge in [-0.15, -0.1) is 0 Å². The summed E-state index contributed by atoms with van der Waals surface area (Å²) in [6.45, 7) is 0. The van der Waals surface area contributed by atoms with Gasteiger partial charge in [-0.05, 0) is 36.2 Å².